The van der Waals surface area contributed by atoms with E-state index in [1.54, 1.807) is 14.0 Å². The van der Waals surface area contributed by atoms with E-state index < -0.39 is 0 Å². The molecule has 1 atom stereocenters. The van der Waals surface area contributed by atoms with Gasteiger partial charge in [-0.15, -0.1) is 0 Å². The Bertz CT molecular complexity index is 161. The lowest BCUT2D eigenvalue weighted by Crippen LogP contribution is -2.23. The summed E-state index contributed by atoms with van der Waals surface area (Å²) in [5.74, 6) is 0.134. The molecule has 2 nitrogen and oxygen atoms in total. The molecule has 0 heterocycles. The third-order valence-corrected chi connectivity index (χ3v) is 2.78. The second-order valence-electron chi connectivity index (χ2n) is 4.39. The monoisotopic (exact) mass is 186 g/mol. The third-order valence-electron chi connectivity index (χ3n) is 2.78. The summed E-state index contributed by atoms with van der Waals surface area (Å²) in [4.78, 5) is 11.1. The molecule has 0 aromatic rings. The fourth-order valence-corrected chi connectivity index (χ4v) is 1.19. The van der Waals surface area contributed by atoms with E-state index in [0.29, 0.717) is 5.41 Å². The first-order valence-corrected chi connectivity index (χ1v) is 4.96. The molecule has 0 bridgehead atoms. The van der Waals surface area contributed by atoms with Crippen LogP contribution in [-0.2, 0) is 9.53 Å². The highest BCUT2D eigenvalue weighted by atomic mass is 16.5. The Morgan fingerprint density at radius 3 is 2.31 bits per heavy atom. The third kappa shape index (κ3) is 5.04. The Morgan fingerprint density at radius 2 is 2.00 bits per heavy atom. The van der Waals surface area contributed by atoms with E-state index in [1.807, 2.05) is 0 Å². The molecule has 0 radical (unpaired) electrons. The van der Waals surface area contributed by atoms with Crippen LogP contribution in [0.1, 0.15) is 47.0 Å². The van der Waals surface area contributed by atoms with E-state index in [4.69, 9.17) is 4.74 Å². The first-order valence-electron chi connectivity index (χ1n) is 4.96. The van der Waals surface area contributed by atoms with E-state index in [9.17, 15) is 4.79 Å². The number of hydrogen-bond donors (Lipinski definition) is 0. The number of carbonyl (C=O) groups is 1. The second-order valence-corrected chi connectivity index (χ2v) is 4.39. The van der Waals surface area contributed by atoms with Crippen LogP contribution in [-0.4, -0.2) is 19.0 Å². The van der Waals surface area contributed by atoms with Crippen LogP contribution in [0.2, 0.25) is 0 Å². The van der Waals surface area contributed by atoms with Crippen molar-refractivity contribution in [2.75, 3.05) is 7.11 Å². The van der Waals surface area contributed by atoms with E-state index >= 15 is 0 Å². The Balaban J connectivity index is 3.92. The van der Waals surface area contributed by atoms with E-state index in [2.05, 4.69) is 20.8 Å². The number of carbonyl (C=O) groups excluding carboxylic acids is 1. The molecular weight excluding hydrogens is 164 g/mol. The standard InChI is InChI=1S/C11H22O2/c1-6-11(3,4)8-7-10(13-5)9(2)12/h10H,6-8H2,1-5H3. The summed E-state index contributed by atoms with van der Waals surface area (Å²) in [7, 11) is 1.60. The Kier molecular flexibility index (Phi) is 5.23. The number of hydrogen-bond acceptors (Lipinski definition) is 2. The van der Waals surface area contributed by atoms with Gasteiger partial charge >= 0.3 is 0 Å². The topological polar surface area (TPSA) is 26.3 Å². The zero-order valence-corrected chi connectivity index (χ0v) is 9.52. The average molecular weight is 186 g/mol. The quantitative estimate of drug-likeness (QED) is 0.637. The number of ketones is 1. The van der Waals surface area contributed by atoms with Gasteiger partial charge in [-0.1, -0.05) is 27.2 Å². The normalized spacial score (nSPS) is 14.2. The second kappa shape index (κ2) is 5.38. The van der Waals surface area contributed by atoms with Crippen molar-refractivity contribution in [3.05, 3.63) is 0 Å². The van der Waals surface area contributed by atoms with E-state index in [-0.39, 0.29) is 11.9 Å². The van der Waals surface area contributed by atoms with Crippen molar-refractivity contribution in [3.63, 3.8) is 0 Å². The van der Waals surface area contributed by atoms with Gasteiger partial charge in [0.15, 0.2) is 5.78 Å². The van der Waals surface area contributed by atoms with Gasteiger partial charge in [-0.05, 0) is 25.2 Å². The van der Waals surface area contributed by atoms with Crippen LogP contribution < -0.4 is 0 Å². The van der Waals surface area contributed by atoms with Crippen LogP contribution in [0.15, 0.2) is 0 Å². The lowest BCUT2D eigenvalue weighted by molar-refractivity contribution is -0.127. The maximum absolute atomic E-state index is 11.1. The van der Waals surface area contributed by atoms with Crippen LogP contribution in [0.4, 0.5) is 0 Å². The molecule has 0 aliphatic rings. The predicted octanol–water partition coefficient (Wildman–Crippen LogP) is 2.81. The summed E-state index contributed by atoms with van der Waals surface area (Å²) in [6, 6.07) is 0. The molecule has 13 heavy (non-hydrogen) atoms. The molecule has 0 spiro atoms. The minimum Gasteiger partial charge on any atom is -0.374 e. The highest BCUT2D eigenvalue weighted by Crippen LogP contribution is 2.27. The minimum atomic E-state index is -0.203. The van der Waals surface area contributed by atoms with Crippen LogP contribution in [0.3, 0.4) is 0 Å². The van der Waals surface area contributed by atoms with Crippen molar-refractivity contribution in [2.45, 2.75) is 53.1 Å². The molecule has 0 aromatic carbocycles. The summed E-state index contributed by atoms with van der Waals surface area (Å²) in [6.45, 7) is 8.21. The van der Waals surface area contributed by atoms with Crippen molar-refractivity contribution in [2.24, 2.45) is 5.41 Å². The molecule has 78 valence electrons. The van der Waals surface area contributed by atoms with Crippen molar-refractivity contribution >= 4 is 5.78 Å². The van der Waals surface area contributed by atoms with Gasteiger partial charge in [-0.25, -0.2) is 0 Å². The minimum absolute atomic E-state index is 0.134. The predicted molar refractivity (Wildman–Crippen MR) is 54.8 cm³/mol. The molecule has 1 unspecified atom stereocenters. The van der Waals surface area contributed by atoms with Crippen molar-refractivity contribution in [1.29, 1.82) is 0 Å². The van der Waals surface area contributed by atoms with Gasteiger partial charge in [0.2, 0.25) is 0 Å². The average Bonchev–Trinajstić information content (AvgIpc) is 2.05. The van der Waals surface area contributed by atoms with Crippen molar-refractivity contribution < 1.29 is 9.53 Å². The van der Waals surface area contributed by atoms with Gasteiger partial charge in [-0.2, -0.15) is 0 Å². The Labute approximate surface area is 81.7 Å². The van der Waals surface area contributed by atoms with Gasteiger partial charge in [0, 0.05) is 7.11 Å². The summed E-state index contributed by atoms with van der Waals surface area (Å²) in [5, 5.41) is 0. The fraction of sp³-hybridized carbons (Fsp3) is 0.909. The Hall–Kier alpha value is -0.370. The molecular formula is C11H22O2. The number of rotatable bonds is 6. The van der Waals surface area contributed by atoms with Crippen LogP contribution in [0.5, 0.6) is 0 Å². The summed E-state index contributed by atoms with van der Waals surface area (Å²) in [5.41, 5.74) is 0.326. The molecule has 2 heteroatoms. The molecule has 0 N–H and O–H groups in total. The molecule has 0 aliphatic heterocycles. The van der Waals surface area contributed by atoms with E-state index in [1.165, 1.54) is 0 Å². The SMILES string of the molecule is CCC(C)(C)CCC(OC)C(C)=O. The van der Waals surface area contributed by atoms with Crippen LogP contribution >= 0.6 is 0 Å². The number of Topliss-reactive ketones (excluding diaryl/α,β-unsaturated/α-hetero) is 1. The highest BCUT2D eigenvalue weighted by molar-refractivity contribution is 5.80. The first-order chi connectivity index (χ1) is 5.93. The molecule has 0 saturated carbocycles. The van der Waals surface area contributed by atoms with Crippen molar-refractivity contribution in [3.8, 4) is 0 Å². The summed E-state index contributed by atoms with van der Waals surface area (Å²) in [6.07, 6.45) is 2.82. The van der Waals surface area contributed by atoms with Gasteiger partial charge < -0.3 is 4.74 Å². The largest absolute Gasteiger partial charge is 0.374 e. The number of methoxy groups -OCH3 is 1. The fourth-order valence-electron chi connectivity index (χ4n) is 1.19. The zero-order chi connectivity index (χ0) is 10.5. The maximum Gasteiger partial charge on any atom is 0.158 e. The zero-order valence-electron chi connectivity index (χ0n) is 9.52. The van der Waals surface area contributed by atoms with Gasteiger partial charge in [0.05, 0.1) is 0 Å². The molecule has 0 saturated heterocycles. The molecule has 0 fully saturated rings. The lowest BCUT2D eigenvalue weighted by Gasteiger charge is -2.24. The summed E-state index contributed by atoms with van der Waals surface area (Å²) < 4.78 is 5.10. The smallest absolute Gasteiger partial charge is 0.158 e. The highest BCUT2D eigenvalue weighted by Gasteiger charge is 2.20. The molecule has 0 aliphatic carbocycles. The van der Waals surface area contributed by atoms with E-state index in [0.717, 1.165) is 19.3 Å². The van der Waals surface area contributed by atoms with Gasteiger partial charge in [0.1, 0.15) is 6.10 Å². The van der Waals surface area contributed by atoms with Crippen LogP contribution in [0.25, 0.3) is 0 Å². The lowest BCUT2D eigenvalue weighted by atomic mass is 9.84. The molecule has 0 amide bonds. The Morgan fingerprint density at radius 1 is 1.46 bits per heavy atom. The summed E-state index contributed by atoms with van der Waals surface area (Å²) >= 11 is 0. The molecule has 0 rings (SSSR count). The maximum atomic E-state index is 11.1. The van der Waals surface area contributed by atoms with Crippen LogP contribution in [0, 0.1) is 5.41 Å². The first kappa shape index (κ1) is 12.6. The number of ether oxygens (including phenoxy) is 1. The van der Waals surface area contributed by atoms with Gasteiger partial charge in [-0.3, -0.25) is 4.79 Å². The van der Waals surface area contributed by atoms with Crippen molar-refractivity contribution in [1.82, 2.24) is 0 Å². The molecule has 0 aromatic heterocycles. The van der Waals surface area contributed by atoms with Gasteiger partial charge in [0.25, 0.3) is 0 Å².